The van der Waals surface area contributed by atoms with Gasteiger partial charge in [0.1, 0.15) is 12.4 Å². The SMILES string of the molecule is N#Cc1ccc(CNOCC(N)=O)c(F)c1. The van der Waals surface area contributed by atoms with Crippen LogP contribution in [0.15, 0.2) is 18.2 Å². The van der Waals surface area contributed by atoms with Crippen LogP contribution in [-0.2, 0) is 16.2 Å². The summed E-state index contributed by atoms with van der Waals surface area (Å²) in [4.78, 5) is 15.0. The standard InChI is InChI=1S/C10H10FN3O2/c11-9-3-7(4-12)1-2-8(9)5-14-16-6-10(13)15/h1-3,14H,5-6H2,(H2,13,15). The molecule has 0 atom stereocenters. The Morgan fingerprint density at radius 2 is 2.38 bits per heavy atom. The monoisotopic (exact) mass is 223 g/mol. The van der Waals surface area contributed by atoms with Gasteiger partial charge in [-0.15, -0.1) is 0 Å². The van der Waals surface area contributed by atoms with Gasteiger partial charge in [0.15, 0.2) is 0 Å². The molecule has 5 nitrogen and oxygen atoms in total. The van der Waals surface area contributed by atoms with Crippen molar-refractivity contribution in [2.45, 2.75) is 6.54 Å². The van der Waals surface area contributed by atoms with Crippen molar-refractivity contribution >= 4 is 5.91 Å². The van der Waals surface area contributed by atoms with E-state index in [4.69, 9.17) is 11.0 Å². The number of carbonyl (C=O) groups is 1. The smallest absolute Gasteiger partial charge is 0.245 e. The quantitative estimate of drug-likeness (QED) is 0.551. The minimum atomic E-state index is -0.618. The zero-order valence-corrected chi connectivity index (χ0v) is 8.37. The van der Waals surface area contributed by atoms with Gasteiger partial charge in [0.2, 0.25) is 5.91 Å². The Kier molecular flexibility index (Phi) is 4.39. The molecule has 0 saturated heterocycles. The average Bonchev–Trinajstić information content (AvgIpc) is 2.25. The highest BCUT2D eigenvalue weighted by Gasteiger charge is 2.03. The summed E-state index contributed by atoms with van der Waals surface area (Å²) in [5.74, 6) is -1.12. The second-order valence-corrected chi connectivity index (χ2v) is 2.99. The van der Waals surface area contributed by atoms with E-state index in [9.17, 15) is 9.18 Å². The van der Waals surface area contributed by atoms with Crippen molar-refractivity contribution in [1.82, 2.24) is 5.48 Å². The molecule has 0 aliphatic heterocycles. The van der Waals surface area contributed by atoms with Crippen molar-refractivity contribution in [3.8, 4) is 6.07 Å². The van der Waals surface area contributed by atoms with Gasteiger partial charge in [-0.25, -0.2) is 4.39 Å². The van der Waals surface area contributed by atoms with Crippen LogP contribution in [0, 0.1) is 17.1 Å². The molecule has 1 aromatic carbocycles. The molecule has 0 unspecified atom stereocenters. The highest BCUT2D eigenvalue weighted by Crippen LogP contribution is 2.09. The number of hydrogen-bond donors (Lipinski definition) is 2. The first-order valence-corrected chi connectivity index (χ1v) is 4.45. The molecule has 0 aliphatic rings. The van der Waals surface area contributed by atoms with Gasteiger partial charge < -0.3 is 5.73 Å². The number of carbonyl (C=O) groups excluding carboxylic acids is 1. The van der Waals surface area contributed by atoms with Crippen LogP contribution in [0.2, 0.25) is 0 Å². The summed E-state index contributed by atoms with van der Waals surface area (Å²) in [5, 5.41) is 8.52. The van der Waals surface area contributed by atoms with Gasteiger partial charge in [-0.05, 0) is 12.1 Å². The van der Waals surface area contributed by atoms with E-state index in [0.29, 0.717) is 5.56 Å². The molecule has 0 bridgehead atoms. The van der Waals surface area contributed by atoms with Crippen LogP contribution in [0.5, 0.6) is 0 Å². The maximum absolute atomic E-state index is 13.3. The van der Waals surface area contributed by atoms with Gasteiger partial charge in [-0.2, -0.15) is 10.7 Å². The van der Waals surface area contributed by atoms with E-state index in [-0.39, 0.29) is 18.7 Å². The molecule has 84 valence electrons. The lowest BCUT2D eigenvalue weighted by atomic mass is 10.1. The first kappa shape index (κ1) is 12.1. The lowest BCUT2D eigenvalue weighted by molar-refractivity contribution is -0.125. The number of hydroxylamine groups is 1. The average molecular weight is 223 g/mol. The fraction of sp³-hybridized carbons (Fsp3) is 0.200. The number of rotatable bonds is 5. The van der Waals surface area contributed by atoms with Crippen LogP contribution in [-0.4, -0.2) is 12.5 Å². The van der Waals surface area contributed by atoms with Gasteiger partial charge in [0, 0.05) is 12.1 Å². The summed E-state index contributed by atoms with van der Waals surface area (Å²) in [6.45, 7) is -0.192. The Bertz CT molecular complexity index is 429. The predicted octanol–water partition coefficient (Wildman–Crippen LogP) is 0.204. The Balaban J connectivity index is 2.49. The number of nitrogens with two attached hydrogens (primary N) is 1. The summed E-state index contributed by atoms with van der Waals surface area (Å²) in [5.41, 5.74) is 7.80. The van der Waals surface area contributed by atoms with E-state index in [0.717, 1.165) is 6.07 Å². The molecular formula is C10H10FN3O2. The van der Waals surface area contributed by atoms with Crippen molar-refractivity contribution in [3.63, 3.8) is 0 Å². The molecule has 0 heterocycles. The first-order chi connectivity index (χ1) is 7.63. The van der Waals surface area contributed by atoms with E-state index in [1.807, 2.05) is 6.07 Å². The van der Waals surface area contributed by atoms with Gasteiger partial charge in [0.05, 0.1) is 11.6 Å². The van der Waals surface area contributed by atoms with Gasteiger partial charge in [-0.1, -0.05) is 6.07 Å². The van der Waals surface area contributed by atoms with Crippen molar-refractivity contribution < 1.29 is 14.0 Å². The van der Waals surface area contributed by atoms with Gasteiger partial charge in [-0.3, -0.25) is 9.63 Å². The second-order valence-electron chi connectivity index (χ2n) is 2.99. The number of nitrogens with zero attached hydrogens (tertiary/aromatic N) is 1. The van der Waals surface area contributed by atoms with Gasteiger partial charge >= 0.3 is 0 Å². The maximum Gasteiger partial charge on any atom is 0.245 e. The number of halogens is 1. The normalized spacial score (nSPS) is 9.75. The lowest BCUT2D eigenvalue weighted by Gasteiger charge is -2.05. The van der Waals surface area contributed by atoms with Crippen LogP contribution < -0.4 is 11.2 Å². The van der Waals surface area contributed by atoms with E-state index >= 15 is 0 Å². The molecular weight excluding hydrogens is 213 g/mol. The van der Waals surface area contributed by atoms with Crippen LogP contribution in [0.3, 0.4) is 0 Å². The minimum absolute atomic E-state index is 0.0881. The molecule has 1 amide bonds. The molecule has 0 saturated carbocycles. The highest BCUT2D eigenvalue weighted by atomic mass is 19.1. The number of nitriles is 1. The van der Waals surface area contributed by atoms with Crippen molar-refractivity contribution in [3.05, 3.63) is 35.1 Å². The van der Waals surface area contributed by atoms with Crippen LogP contribution >= 0.6 is 0 Å². The summed E-state index contributed by atoms with van der Waals surface area (Å²) in [6, 6.07) is 5.92. The number of benzene rings is 1. The summed E-state index contributed by atoms with van der Waals surface area (Å²) >= 11 is 0. The third kappa shape index (κ3) is 3.65. The highest BCUT2D eigenvalue weighted by molar-refractivity contribution is 5.74. The molecule has 0 aliphatic carbocycles. The Hall–Kier alpha value is -1.97. The third-order valence-electron chi connectivity index (χ3n) is 1.76. The Morgan fingerprint density at radius 3 is 2.94 bits per heavy atom. The third-order valence-corrected chi connectivity index (χ3v) is 1.76. The first-order valence-electron chi connectivity index (χ1n) is 4.45. The molecule has 6 heteroatoms. The second kappa shape index (κ2) is 5.80. The molecule has 1 rings (SSSR count). The number of hydrogen-bond acceptors (Lipinski definition) is 4. The van der Waals surface area contributed by atoms with Crippen molar-refractivity contribution in [1.29, 1.82) is 5.26 Å². The minimum Gasteiger partial charge on any atom is -0.368 e. The predicted molar refractivity (Wildman–Crippen MR) is 53.1 cm³/mol. The molecule has 0 spiro atoms. The van der Waals surface area contributed by atoms with Crippen LogP contribution in [0.4, 0.5) is 4.39 Å². The topological polar surface area (TPSA) is 88.1 Å². The fourth-order valence-electron chi connectivity index (χ4n) is 1.01. The molecule has 3 N–H and O–H groups in total. The van der Waals surface area contributed by atoms with E-state index in [2.05, 4.69) is 10.3 Å². The maximum atomic E-state index is 13.3. The molecule has 16 heavy (non-hydrogen) atoms. The molecule has 0 aromatic heterocycles. The largest absolute Gasteiger partial charge is 0.368 e. The van der Waals surface area contributed by atoms with Crippen LogP contribution in [0.25, 0.3) is 0 Å². The Labute approximate surface area is 91.6 Å². The van der Waals surface area contributed by atoms with Crippen molar-refractivity contribution in [2.24, 2.45) is 5.73 Å². The number of amides is 1. The van der Waals surface area contributed by atoms with Gasteiger partial charge in [0.25, 0.3) is 0 Å². The summed E-state index contributed by atoms with van der Waals surface area (Å²) in [7, 11) is 0. The fourth-order valence-corrected chi connectivity index (χ4v) is 1.01. The van der Waals surface area contributed by atoms with E-state index in [1.54, 1.807) is 0 Å². The number of nitrogens with one attached hydrogen (secondary N) is 1. The van der Waals surface area contributed by atoms with E-state index < -0.39 is 11.7 Å². The summed E-state index contributed by atoms with van der Waals surface area (Å²) in [6.07, 6.45) is 0. The molecule has 0 radical (unpaired) electrons. The molecule has 0 fully saturated rings. The zero-order valence-electron chi connectivity index (χ0n) is 8.37. The van der Waals surface area contributed by atoms with Crippen LogP contribution in [0.1, 0.15) is 11.1 Å². The lowest BCUT2D eigenvalue weighted by Crippen LogP contribution is -2.24. The van der Waals surface area contributed by atoms with Crippen molar-refractivity contribution in [2.75, 3.05) is 6.61 Å². The zero-order chi connectivity index (χ0) is 12.0. The summed E-state index contributed by atoms with van der Waals surface area (Å²) < 4.78 is 13.3. The van der Waals surface area contributed by atoms with E-state index in [1.165, 1.54) is 12.1 Å². The Morgan fingerprint density at radius 1 is 1.62 bits per heavy atom. The number of primary amides is 1. The molecule has 1 aromatic rings.